The Morgan fingerprint density at radius 3 is 2.39 bits per heavy atom. The Labute approximate surface area is 170 Å². The van der Waals surface area contributed by atoms with Gasteiger partial charge in [-0.25, -0.2) is 0 Å². The standard InChI is InChI=1S/C26H32N2/c1-5-7-9-19(3)11-14-22-24(15-12-20(4)10-8-6-2)28-25-16-13-21-17-27-18-23(21)26(22)25/h5-10,21,27H,1-4,11-18H2. The Bertz CT molecular complexity index is 826. The van der Waals surface area contributed by atoms with Crippen molar-refractivity contribution >= 4 is 5.71 Å². The molecule has 2 nitrogen and oxygen atoms in total. The first-order valence-corrected chi connectivity index (χ1v) is 10.3. The van der Waals surface area contributed by atoms with Crippen molar-refractivity contribution in [3.05, 3.63) is 96.3 Å². The van der Waals surface area contributed by atoms with Crippen molar-refractivity contribution in [2.45, 2.75) is 38.5 Å². The number of nitrogens with zero attached hydrogens (tertiary/aromatic N) is 1. The predicted octanol–water partition coefficient (Wildman–Crippen LogP) is 6.16. The van der Waals surface area contributed by atoms with Gasteiger partial charge in [0.1, 0.15) is 0 Å². The summed E-state index contributed by atoms with van der Waals surface area (Å²) in [6, 6.07) is 0. The van der Waals surface area contributed by atoms with E-state index in [0.717, 1.165) is 56.3 Å². The van der Waals surface area contributed by atoms with Crippen LogP contribution in [0.2, 0.25) is 0 Å². The Hall–Kier alpha value is -2.45. The smallest absolute Gasteiger partial charge is 0.0483 e. The average Bonchev–Trinajstić information content (AvgIpc) is 3.31. The first-order valence-electron chi connectivity index (χ1n) is 10.3. The molecule has 0 spiro atoms. The number of aliphatic imine (C=N–C) groups is 1. The molecule has 1 unspecified atom stereocenters. The van der Waals surface area contributed by atoms with Crippen molar-refractivity contribution in [3.8, 4) is 0 Å². The van der Waals surface area contributed by atoms with Crippen LogP contribution in [0.4, 0.5) is 0 Å². The maximum absolute atomic E-state index is 5.11. The number of allylic oxidation sites excluding steroid dienone is 11. The van der Waals surface area contributed by atoms with E-state index in [1.807, 2.05) is 18.2 Å². The molecule has 1 aliphatic carbocycles. The largest absolute Gasteiger partial charge is 0.312 e. The average molecular weight is 373 g/mol. The molecular weight excluding hydrogens is 340 g/mol. The lowest BCUT2D eigenvalue weighted by atomic mass is 9.80. The molecule has 146 valence electrons. The van der Waals surface area contributed by atoms with E-state index in [1.54, 1.807) is 17.7 Å². The number of nitrogens with one attached hydrogen (secondary N) is 1. The van der Waals surface area contributed by atoms with E-state index in [9.17, 15) is 0 Å². The zero-order valence-electron chi connectivity index (χ0n) is 17.0. The van der Waals surface area contributed by atoms with E-state index >= 15 is 0 Å². The summed E-state index contributed by atoms with van der Waals surface area (Å²) in [5.41, 5.74) is 9.36. The van der Waals surface area contributed by atoms with Gasteiger partial charge in [-0.2, -0.15) is 0 Å². The molecule has 0 aromatic heterocycles. The highest BCUT2D eigenvalue weighted by atomic mass is 14.9. The molecule has 0 aromatic carbocycles. The number of hydrogen-bond donors (Lipinski definition) is 1. The topological polar surface area (TPSA) is 24.4 Å². The molecule has 2 heterocycles. The minimum absolute atomic E-state index is 0.692. The van der Waals surface area contributed by atoms with E-state index in [-0.39, 0.29) is 0 Å². The molecule has 0 amide bonds. The first-order chi connectivity index (χ1) is 13.6. The van der Waals surface area contributed by atoms with Crippen molar-refractivity contribution in [2.75, 3.05) is 13.1 Å². The number of rotatable bonds is 10. The van der Waals surface area contributed by atoms with Gasteiger partial charge in [-0.05, 0) is 55.6 Å². The van der Waals surface area contributed by atoms with Gasteiger partial charge in [-0.15, -0.1) is 0 Å². The molecule has 1 saturated heterocycles. The molecule has 1 fully saturated rings. The van der Waals surface area contributed by atoms with Crippen LogP contribution in [0.15, 0.2) is 101 Å². The highest BCUT2D eigenvalue weighted by molar-refractivity contribution is 6.08. The minimum Gasteiger partial charge on any atom is -0.312 e. The fraction of sp³-hybridized carbons (Fsp3) is 0.346. The van der Waals surface area contributed by atoms with E-state index < -0.39 is 0 Å². The lowest BCUT2D eigenvalue weighted by Crippen LogP contribution is -2.18. The summed E-state index contributed by atoms with van der Waals surface area (Å²) >= 11 is 0. The molecule has 2 heteroatoms. The van der Waals surface area contributed by atoms with Crippen molar-refractivity contribution < 1.29 is 0 Å². The lowest BCUT2D eigenvalue weighted by molar-refractivity contribution is 0.600. The van der Waals surface area contributed by atoms with Crippen LogP contribution in [0.1, 0.15) is 38.5 Å². The van der Waals surface area contributed by atoms with Gasteiger partial charge < -0.3 is 5.32 Å². The second-order valence-electron chi connectivity index (χ2n) is 7.76. The van der Waals surface area contributed by atoms with Crippen LogP contribution in [0.25, 0.3) is 0 Å². The van der Waals surface area contributed by atoms with Gasteiger partial charge in [-0.1, -0.05) is 73.9 Å². The molecule has 1 N–H and O–H groups in total. The molecule has 28 heavy (non-hydrogen) atoms. The number of fused-ring (bicyclic) bond motifs is 2. The predicted molar refractivity (Wildman–Crippen MR) is 123 cm³/mol. The Kier molecular flexibility index (Phi) is 7.00. The summed E-state index contributed by atoms with van der Waals surface area (Å²) in [4.78, 5) is 5.11. The third-order valence-electron chi connectivity index (χ3n) is 5.77. The molecule has 0 bridgehead atoms. The van der Waals surface area contributed by atoms with Crippen LogP contribution in [0.3, 0.4) is 0 Å². The highest BCUT2D eigenvalue weighted by Gasteiger charge is 2.35. The summed E-state index contributed by atoms with van der Waals surface area (Å²) in [5.74, 6) is 0.692. The third kappa shape index (κ3) is 4.69. The third-order valence-corrected chi connectivity index (χ3v) is 5.77. The second-order valence-corrected chi connectivity index (χ2v) is 7.76. The van der Waals surface area contributed by atoms with Crippen molar-refractivity contribution in [1.29, 1.82) is 0 Å². The Morgan fingerprint density at radius 1 is 1.04 bits per heavy atom. The molecule has 0 saturated carbocycles. The molecule has 0 aromatic rings. The molecule has 3 rings (SSSR count). The normalized spacial score (nSPS) is 21.3. The zero-order chi connectivity index (χ0) is 19.9. The van der Waals surface area contributed by atoms with Crippen molar-refractivity contribution in [1.82, 2.24) is 5.32 Å². The van der Waals surface area contributed by atoms with Crippen LogP contribution in [0, 0.1) is 5.92 Å². The monoisotopic (exact) mass is 372 g/mol. The van der Waals surface area contributed by atoms with Gasteiger partial charge in [0.2, 0.25) is 0 Å². The van der Waals surface area contributed by atoms with Crippen molar-refractivity contribution in [3.63, 3.8) is 0 Å². The summed E-state index contributed by atoms with van der Waals surface area (Å²) in [6.45, 7) is 18.0. The molecule has 3 aliphatic rings. The van der Waals surface area contributed by atoms with Crippen LogP contribution in [0.5, 0.6) is 0 Å². The van der Waals surface area contributed by atoms with Crippen LogP contribution in [-0.4, -0.2) is 18.8 Å². The lowest BCUT2D eigenvalue weighted by Gasteiger charge is -2.23. The second kappa shape index (κ2) is 9.66. The van der Waals surface area contributed by atoms with E-state index in [1.165, 1.54) is 29.0 Å². The van der Waals surface area contributed by atoms with Crippen LogP contribution in [-0.2, 0) is 0 Å². The van der Waals surface area contributed by atoms with Crippen LogP contribution >= 0.6 is 0 Å². The van der Waals surface area contributed by atoms with Crippen LogP contribution < -0.4 is 5.32 Å². The minimum atomic E-state index is 0.692. The van der Waals surface area contributed by atoms with Gasteiger partial charge in [-0.3, -0.25) is 4.99 Å². The molecule has 2 aliphatic heterocycles. The molecule has 1 atom stereocenters. The van der Waals surface area contributed by atoms with Gasteiger partial charge in [0, 0.05) is 30.1 Å². The van der Waals surface area contributed by atoms with Gasteiger partial charge in [0.05, 0.1) is 0 Å². The summed E-state index contributed by atoms with van der Waals surface area (Å²) < 4.78 is 0. The van der Waals surface area contributed by atoms with Gasteiger partial charge >= 0.3 is 0 Å². The summed E-state index contributed by atoms with van der Waals surface area (Å²) in [5, 5.41) is 3.57. The van der Waals surface area contributed by atoms with E-state index in [4.69, 9.17) is 4.99 Å². The summed E-state index contributed by atoms with van der Waals surface area (Å²) in [7, 11) is 0. The number of hydrogen-bond acceptors (Lipinski definition) is 2. The SMILES string of the molecule is C=CC=CC(=C)CCC1=C(CCC(=C)C=CC=C)C2=C3CNCC3CCC2=N1. The zero-order valence-corrected chi connectivity index (χ0v) is 17.0. The van der Waals surface area contributed by atoms with E-state index in [2.05, 4.69) is 37.7 Å². The van der Waals surface area contributed by atoms with Gasteiger partial charge in [0.15, 0.2) is 0 Å². The quantitative estimate of drug-likeness (QED) is 0.456. The maximum atomic E-state index is 5.11. The Morgan fingerprint density at radius 2 is 1.71 bits per heavy atom. The molecular formula is C26H32N2. The first kappa shape index (κ1) is 20.3. The maximum Gasteiger partial charge on any atom is 0.0483 e. The fourth-order valence-electron chi connectivity index (χ4n) is 4.31. The van der Waals surface area contributed by atoms with Gasteiger partial charge in [0.25, 0.3) is 0 Å². The Balaban J connectivity index is 1.83. The highest BCUT2D eigenvalue weighted by Crippen LogP contribution is 2.42. The summed E-state index contributed by atoms with van der Waals surface area (Å²) in [6.07, 6.45) is 17.8. The van der Waals surface area contributed by atoms with Crippen molar-refractivity contribution in [2.24, 2.45) is 10.9 Å². The van der Waals surface area contributed by atoms with E-state index in [0.29, 0.717) is 5.92 Å². The molecule has 0 radical (unpaired) electrons. The fourth-order valence-corrected chi connectivity index (χ4v) is 4.31.